The Morgan fingerprint density at radius 3 is 2.40 bits per heavy atom. The molecular formula is C16H25N3O. The fourth-order valence-corrected chi connectivity index (χ4v) is 2.08. The van der Waals surface area contributed by atoms with Crippen molar-refractivity contribution in [3.63, 3.8) is 0 Å². The quantitative estimate of drug-likeness (QED) is 0.677. The highest BCUT2D eigenvalue weighted by Gasteiger charge is 2.09. The topological polar surface area (TPSA) is 59.3 Å². The molecule has 0 saturated carbocycles. The lowest BCUT2D eigenvalue weighted by atomic mass is 10.1. The average molecular weight is 275 g/mol. The molecule has 2 N–H and O–H groups in total. The molecule has 1 aromatic rings. The number of rotatable bonds is 9. The van der Waals surface area contributed by atoms with Gasteiger partial charge in [0.05, 0.1) is 6.07 Å². The summed E-state index contributed by atoms with van der Waals surface area (Å²) in [5.74, 6) is 0. The van der Waals surface area contributed by atoms with Gasteiger partial charge < -0.3 is 5.11 Å². The largest absolute Gasteiger partial charge is 0.396 e. The van der Waals surface area contributed by atoms with Crippen molar-refractivity contribution < 1.29 is 5.11 Å². The predicted molar refractivity (Wildman–Crippen MR) is 81.1 cm³/mol. The van der Waals surface area contributed by atoms with E-state index in [4.69, 9.17) is 5.11 Å². The minimum Gasteiger partial charge on any atom is -0.396 e. The van der Waals surface area contributed by atoms with E-state index < -0.39 is 0 Å². The molecule has 0 fully saturated rings. The molecule has 0 heterocycles. The summed E-state index contributed by atoms with van der Waals surface area (Å²) in [6, 6.07) is 10.2. The molecule has 0 aliphatic carbocycles. The van der Waals surface area contributed by atoms with Crippen LogP contribution >= 0.6 is 0 Å². The first-order valence-electron chi connectivity index (χ1n) is 7.30. The zero-order valence-corrected chi connectivity index (χ0v) is 12.5. The fourth-order valence-electron chi connectivity index (χ4n) is 2.08. The molecule has 20 heavy (non-hydrogen) atoms. The first-order chi connectivity index (χ1) is 9.74. The Bertz CT molecular complexity index is 407. The number of aliphatic hydroxyl groups is 1. The first kappa shape index (κ1) is 16.6. The molecule has 110 valence electrons. The van der Waals surface area contributed by atoms with Gasteiger partial charge in [0, 0.05) is 13.2 Å². The lowest BCUT2D eigenvalue weighted by Crippen LogP contribution is -2.23. The maximum absolute atomic E-state index is 9.19. The van der Waals surface area contributed by atoms with Crippen molar-refractivity contribution in [1.82, 2.24) is 10.2 Å². The van der Waals surface area contributed by atoms with Crippen LogP contribution in [-0.2, 0) is 6.54 Å². The first-order valence-corrected chi connectivity index (χ1v) is 7.30. The second-order valence-corrected chi connectivity index (χ2v) is 4.80. The number of hydrogen-bond donors (Lipinski definition) is 2. The number of hydrogen-bond acceptors (Lipinski definition) is 4. The molecule has 4 nitrogen and oxygen atoms in total. The summed E-state index contributed by atoms with van der Waals surface area (Å²) in [5.41, 5.74) is 2.25. The number of aliphatic hydroxyl groups excluding tert-OH is 1. The zero-order chi connectivity index (χ0) is 14.8. The molecule has 0 aromatic heterocycles. The molecule has 0 spiro atoms. The van der Waals surface area contributed by atoms with Crippen molar-refractivity contribution in [3.05, 3.63) is 35.4 Å². The van der Waals surface area contributed by atoms with E-state index >= 15 is 0 Å². The van der Waals surface area contributed by atoms with Gasteiger partial charge in [0.25, 0.3) is 0 Å². The van der Waals surface area contributed by atoms with Crippen LogP contribution in [0.2, 0.25) is 0 Å². The monoisotopic (exact) mass is 275 g/mol. The summed E-state index contributed by atoms with van der Waals surface area (Å²) >= 11 is 0. The van der Waals surface area contributed by atoms with E-state index in [0.717, 1.165) is 25.2 Å². The Balaban J connectivity index is 2.62. The SMILES string of the molecule is CCN(CC)Cc1ccc(C(C#N)NCCCO)cc1. The van der Waals surface area contributed by atoms with Crippen LogP contribution in [0.1, 0.15) is 37.4 Å². The van der Waals surface area contributed by atoms with Gasteiger partial charge in [0.15, 0.2) is 0 Å². The van der Waals surface area contributed by atoms with E-state index in [1.807, 2.05) is 12.1 Å². The smallest absolute Gasteiger partial charge is 0.121 e. The highest BCUT2D eigenvalue weighted by molar-refractivity contribution is 5.28. The molecular weight excluding hydrogens is 250 g/mol. The summed E-state index contributed by atoms with van der Waals surface area (Å²) in [6.07, 6.45) is 0.665. The molecule has 0 aliphatic rings. The van der Waals surface area contributed by atoms with Crippen molar-refractivity contribution in [2.75, 3.05) is 26.2 Å². The molecule has 0 aliphatic heterocycles. The van der Waals surface area contributed by atoms with Gasteiger partial charge in [-0.2, -0.15) is 5.26 Å². The molecule has 0 bridgehead atoms. The Hall–Kier alpha value is -1.41. The Morgan fingerprint density at radius 2 is 1.90 bits per heavy atom. The maximum atomic E-state index is 9.19. The highest BCUT2D eigenvalue weighted by atomic mass is 16.3. The third-order valence-corrected chi connectivity index (χ3v) is 3.43. The van der Waals surface area contributed by atoms with Crippen LogP contribution in [0.5, 0.6) is 0 Å². The standard InChI is InChI=1S/C16H25N3O/c1-3-19(4-2)13-14-6-8-15(9-7-14)16(12-17)18-10-5-11-20/h6-9,16,18,20H,3-5,10-11,13H2,1-2H3. The van der Waals surface area contributed by atoms with Gasteiger partial charge in [0.1, 0.15) is 6.04 Å². The normalized spacial score (nSPS) is 12.3. The van der Waals surface area contributed by atoms with Crippen LogP contribution < -0.4 is 5.32 Å². The van der Waals surface area contributed by atoms with Crippen LogP contribution in [0.15, 0.2) is 24.3 Å². The lowest BCUT2D eigenvalue weighted by molar-refractivity contribution is 0.285. The van der Waals surface area contributed by atoms with Crippen LogP contribution in [0.25, 0.3) is 0 Å². The molecule has 0 radical (unpaired) electrons. The van der Waals surface area contributed by atoms with Crippen molar-refractivity contribution >= 4 is 0 Å². The zero-order valence-electron chi connectivity index (χ0n) is 12.5. The van der Waals surface area contributed by atoms with Crippen LogP contribution in [0.4, 0.5) is 0 Å². The summed E-state index contributed by atoms with van der Waals surface area (Å²) in [7, 11) is 0. The van der Waals surface area contributed by atoms with Gasteiger partial charge in [0.2, 0.25) is 0 Å². The van der Waals surface area contributed by atoms with Crippen LogP contribution in [0.3, 0.4) is 0 Å². The summed E-state index contributed by atoms with van der Waals surface area (Å²) < 4.78 is 0. The van der Waals surface area contributed by atoms with E-state index in [2.05, 4.69) is 42.3 Å². The van der Waals surface area contributed by atoms with Crippen molar-refractivity contribution in [3.8, 4) is 6.07 Å². The van der Waals surface area contributed by atoms with Gasteiger partial charge in [-0.3, -0.25) is 10.2 Å². The van der Waals surface area contributed by atoms with Gasteiger partial charge in [-0.05, 0) is 37.2 Å². The van der Waals surface area contributed by atoms with E-state index in [1.165, 1.54) is 5.56 Å². The van der Waals surface area contributed by atoms with E-state index in [-0.39, 0.29) is 12.6 Å². The molecule has 1 unspecified atom stereocenters. The summed E-state index contributed by atoms with van der Waals surface area (Å²) in [6.45, 7) is 8.15. The van der Waals surface area contributed by atoms with Gasteiger partial charge in [-0.15, -0.1) is 0 Å². The van der Waals surface area contributed by atoms with Gasteiger partial charge in [-0.25, -0.2) is 0 Å². The summed E-state index contributed by atoms with van der Waals surface area (Å²) in [5, 5.41) is 21.1. The van der Waals surface area contributed by atoms with Crippen molar-refractivity contribution in [2.24, 2.45) is 0 Å². The third-order valence-electron chi connectivity index (χ3n) is 3.43. The number of benzene rings is 1. The minimum atomic E-state index is -0.302. The average Bonchev–Trinajstić information content (AvgIpc) is 2.50. The van der Waals surface area contributed by atoms with Gasteiger partial charge in [-0.1, -0.05) is 38.1 Å². The molecule has 1 atom stereocenters. The van der Waals surface area contributed by atoms with E-state index in [1.54, 1.807) is 0 Å². The molecule has 0 amide bonds. The number of nitrogens with zero attached hydrogens (tertiary/aromatic N) is 2. The van der Waals surface area contributed by atoms with E-state index in [0.29, 0.717) is 13.0 Å². The molecule has 0 saturated heterocycles. The molecule has 4 heteroatoms. The highest BCUT2D eigenvalue weighted by Crippen LogP contribution is 2.14. The van der Waals surface area contributed by atoms with Crippen LogP contribution in [-0.4, -0.2) is 36.2 Å². The fraction of sp³-hybridized carbons (Fsp3) is 0.562. The van der Waals surface area contributed by atoms with Crippen molar-refractivity contribution in [2.45, 2.75) is 32.9 Å². The Labute approximate surface area is 122 Å². The number of nitriles is 1. The van der Waals surface area contributed by atoms with Gasteiger partial charge >= 0.3 is 0 Å². The second kappa shape index (κ2) is 9.49. The second-order valence-electron chi connectivity index (χ2n) is 4.80. The third kappa shape index (κ3) is 5.30. The summed E-state index contributed by atoms with van der Waals surface area (Å²) in [4.78, 5) is 2.36. The van der Waals surface area contributed by atoms with Crippen LogP contribution in [0, 0.1) is 11.3 Å². The molecule has 1 rings (SSSR count). The Kier molecular flexibility index (Phi) is 7.89. The molecule has 1 aromatic carbocycles. The minimum absolute atomic E-state index is 0.147. The van der Waals surface area contributed by atoms with E-state index in [9.17, 15) is 5.26 Å². The Morgan fingerprint density at radius 1 is 1.25 bits per heavy atom. The predicted octanol–water partition coefficient (Wildman–Crippen LogP) is 2.07. The maximum Gasteiger partial charge on any atom is 0.121 e. The number of nitrogens with one attached hydrogen (secondary N) is 1. The lowest BCUT2D eigenvalue weighted by Gasteiger charge is -2.18. The van der Waals surface area contributed by atoms with Crippen molar-refractivity contribution in [1.29, 1.82) is 5.26 Å².